The number of hydrogen-bond donors (Lipinski definition) is 4. The van der Waals surface area contributed by atoms with Gasteiger partial charge in [-0.15, -0.1) is 0 Å². The molecule has 1 aromatic heterocycles. The second kappa shape index (κ2) is 11.0. The topological polar surface area (TPSA) is 109 Å². The smallest absolute Gasteiger partial charge is 0.266 e. The number of benzene rings is 1. The maximum atomic E-state index is 14.4. The molecule has 0 aliphatic carbocycles. The second-order valence-corrected chi connectivity index (χ2v) is 9.53. The first-order chi connectivity index (χ1) is 13.7. The number of sulfonamides is 1. The van der Waals surface area contributed by atoms with Gasteiger partial charge in [0.25, 0.3) is 10.0 Å². The molecule has 12 heteroatoms. The predicted octanol–water partition coefficient (Wildman–Crippen LogP) is 3.39. The Kier molecular flexibility index (Phi) is 9.03. The van der Waals surface area contributed by atoms with Crippen LogP contribution in [0.2, 0.25) is 5.02 Å². The molecule has 0 bridgehead atoms. The van der Waals surface area contributed by atoms with E-state index in [0.29, 0.717) is 23.6 Å². The van der Waals surface area contributed by atoms with Gasteiger partial charge in [0, 0.05) is 12.6 Å². The van der Waals surface area contributed by atoms with Crippen LogP contribution < -0.4 is 21.1 Å². The van der Waals surface area contributed by atoms with Gasteiger partial charge in [0.2, 0.25) is 0 Å². The molecule has 0 saturated carbocycles. The molecule has 0 aliphatic heterocycles. The monoisotopic (exact) mass is 467 g/mol. The molecular weight excluding hydrogens is 444 g/mol. The molecule has 5 N–H and O–H groups in total. The Bertz CT molecular complexity index is 909. The van der Waals surface area contributed by atoms with Gasteiger partial charge in [0.1, 0.15) is 10.7 Å². The summed E-state index contributed by atoms with van der Waals surface area (Å²) in [6.45, 7) is 4.22. The standard InChI is InChI=1S/C17H24ClF2N5O2S2/c1-11(21)4-7-22-5-2-3-6-23-14-9-13(19)15(8-12(14)18)29(26,27)25-17-24-10-16(20)28-17/h8-11,22-23H,2-7,21H2,1H3,(H,24,25). The minimum absolute atomic E-state index is 0.0622. The van der Waals surface area contributed by atoms with Crippen LogP contribution in [-0.2, 0) is 10.0 Å². The number of nitrogens with two attached hydrogens (primary N) is 1. The summed E-state index contributed by atoms with van der Waals surface area (Å²) >= 11 is 6.60. The van der Waals surface area contributed by atoms with Crippen LogP contribution in [0.15, 0.2) is 23.2 Å². The zero-order valence-electron chi connectivity index (χ0n) is 15.8. The summed E-state index contributed by atoms with van der Waals surface area (Å²) in [7, 11) is -4.29. The van der Waals surface area contributed by atoms with Gasteiger partial charge in [0.15, 0.2) is 10.3 Å². The van der Waals surface area contributed by atoms with Crippen LogP contribution in [0.4, 0.5) is 19.6 Å². The summed E-state index contributed by atoms with van der Waals surface area (Å²) in [6.07, 6.45) is 3.51. The van der Waals surface area contributed by atoms with E-state index < -0.39 is 25.9 Å². The number of rotatable bonds is 12. The largest absolute Gasteiger partial charge is 0.384 e. The number of unbranched alkanes of at least 4 members (excludes halogenated alkanes) is 1. The van der Waals surface area contributed by atoms with E-state index >= 15 is 0 Å². The molecule has 0 aliphatic rings. The Balaban J connectivity index is 1.88. The first kappa shape index (κ1) is 23.7. The fraction of sp³-hybridized carbons (Fsp3) is 0.471. The third-order valence-corrected chi connectivity index (χ3v) is 6.38. The van der Waals surface area contributed by atoms with Gasteiger partial charge >= 0.3 is 0 Å². The van der Waals surface area contributed by atoms with E-state index in [9.17, 15) is 17.2 Å². The SMILES string of the molecule is CC(N)CCNCCCCNc1cc(F)c(S(=O)(=O)Nc2ncc(F)s2)cc1Cl. The minimum Gasteiger partial charge on any atom is -0.384 e. The summed E-state index contributed by atoms with van der Waals surface area (Å²) in [6, 6.07) is 2.22. The third-order valence-electron chi connectivity index (χ3n) is 3.88. The van der Waals surface area contributed by atoms with Gasteiger partial charge in [0.05, 0.1) is 16.9 Å². The molecule has 7 nitrogen and oxygen atoms in total. The molecule has 162 valence electrons. The van der Waals surface area contributed by atoms with Crippen LogP contribution >= 0.6 is 22.9 Å². The highest BCUT2D eigenvalue weighted by Gasteiger charge is 2.23. The average Bonchev–Trinajstić information content (AvgIpc) is 3.03. The molecule has 29 heavy (non-hydrogen) atoms. The van der Waals surface area contributed by atoms with Crippen molar-refractivity contribution in [2.24, 2.45) is 5.73 Å². The maximum absolute atomic E-state index is 14.4. The molecule has 2 aromatic rings. The summed E-state index contributed by atoms with van der Waals surface area (Å²) in [5.41, 5.74) is 5.97. The van der Waals surface area contributed by atoms with E-state index in [0.717, 1.165) is 50.7 Å². The average molecular weight is 468 g/mol. The van der Waals surface area contributed by atoms with Gasteiger partial charge in [-0.05, 0) is 51.4 Å². The minimum atomic E-state index is -4.29. The van der Waals surface area contributed by atoms with Crippen molar-refractivity contribution in [3.8, 4) is 0 Å². The molecule has 2 rings (SSSR count). The van der Waals surface area contributed by atoms with Crippen molar-refractivity contribution in [2.45, 2.75) is 37.1 Å². The quantitative estimate of drug-likeness (QED) is 0.356. The van der Waals surface area contributed by atoms with Crippen molar-refractivity contribution in [1.29, 1.82) is 0 Å². The summed E-state index contributed by atoms with van der Waals surface area (Å²) in [4.78, 5) is 2.92. The molecule has 0 radical (unpaired) electrons. The highest BCUT2D eigenvalue weighted by atomic mass is 35.5. The van der Waals surface area contributed by atoms with E-state index in [-0.39, 0.29) is 16.2 Å². The molecule has 0 fully saturated rings. The fourth-order valence-corrected chi connectivity index (χ4v) is 4.56. The van der Waals surface area contributed by atoms with Gasteiger partial charge in [-0.25, -0.2) is 17.8 Å². The zero-order chi connectivity index (χ0) is 21.4. The highest BCUT2D eigenvalue weighted by molar-refractivity contribution is 7.93. The van der Waals surface area contributed by atoms with Gasteiger partial charge in [-0.1, -0.05) is 22.9 Å². The normalized spacial score (nSPS) is 12.7. The van der Waals surface area contributed by atoms with Crippen molar-refractivity contribution in [3.05, 3.63) is 34.3 Å². The molecule has 1 atom stereocenters. The van der Waals surface area contributed by atoms with Crippen LogP contribution in [0.3, 0.4) is 0 Å². The number of thiazole rings is 1. The summed E-state index contributed by atoms with van der Waals surface area (Å²) in [5, 5.41) is 5.49. The fourth-order valence-electron chi connectivity index (χ4n) is 2.39. The van der Waals surface area contributed by atoms with Crippen LogP contribution in [0, 0.1) is 10.9 Å². The number of anilines is 2. The zero-order valence-corrected chi connectivity index (χ0v) is 18.2. The lowest BCUT2D eigenvalue weighted by Gasteiger charge is -2.12. The second-order valence-electron chi connectivity index (χ2n) is 6.49. The van der Waals surface area contributed by atoms with E-state index in [1.165, 1.54) is 0 Å². The molecule has 1 aromatic carbocycles. The van der Waals surface area contributed by atoms with E-state index in [4.69, 9.17) is 17.3 Å². The Labute approximate surface area is 178 Å². The van der Waals surface area contributed by atoms with Crippen molar-refractivity contribution in [2.75, 3.05) is 29.7 Å². The lowest BCUT2D eigenvalue weighted by molar-refractivity contribution is 0.568. The van der Waals surface area contributed by atoms with Crippen molar-refractivity contribution >= 4 is 43.8 Å². The number of hydrogen-bond acceptors (Lipinski definition) is 7. The van der Waals surface area contributed by atoms with Gasteiger partial charge in [-0.2, -0.15) is 4.39 Å². The lowest BCUT2D eigenvalue weighted by atomic mass is 10.2. The molecule has 0 spiro atoms. The number of aromatic nitrogens is 1. The summed E-state index contributed by atoms with van der Waals surface area (Å²) in [5.74, 6) is -0.973. The Morgan fingerprint density at radius 1 is 1.24 bits per heavy atom. The third kappa shape index (κ3) is 7.67. The van der Waals surface area contributed by atoms with Crippen LogP contribution in [-0.4, -0.2) is 39.1 Å². The molecule has 1 heterocycles. The van der Waals surface area contributed by atoms with Crippen LogP contribution in [0.5, 0.6) is 0 Å². The molecule has 0 amide bonds. The molecular formula is C17H24ClF2N5O2S2. The van der Waals surface area contributed by atoms with Crippen molar-refractivity contribution < 1.29 is 17.2 Å². The Morgan fingerprint density at radius 2 is 1.97 bits per heavy atom. The van der Waals surface area contributed by atoms with E-state index in [2.05, 4.69) is 15.6 Å². The van der Waals surface area contributed by atoms with Crippen LogP contribution in [0.25, 0.3) is 0 Å². The van der Waals surface area contributed by atoms with Crippen molar-refractivity contribution in [3.63, 3.8) is 0 Å². The van der Waals surface area contributed by atoms with E-state index in [1.807, 2.05) is 11.6 Å². The van der Waals surface area contributed by atoms with Gasteiger partial charge < -0.3 is 16.4 Å². The summed E-state index contributed by atoms with van der Waals surface area (Å²) < 4.78 is 54.0. The van der Waals surface area contributed by atoms with Crippen molar-refractivity contribution in [1.82, 2.24) is 10.3 Å². The van der Waals surface area contributed by atoms with Gasteiger partial charge in [-0.3, -0.25) is 4.72 Å². The van der Waals surface area contributed by atoms with E-state index in [1.54, 1.807) is 0 Å². The lowest BCUT2D eigenvalue weighted by Crippen LogP contribution is -2.24. The Morgan fingerprint density at radius 3 is 2.62 bits per heavy atom. The number of nitrogens with one attached hydrogen (secondary N) is 3. The number of halogens is 3. The number of nitrogens with zero attached hydrogens (tertiary/aromatic N) is 1. The molecule has 1 unspecified atom stereocenters. The highest BCUT2D eigenvalue weighted by Crippen LogP contribution is 2.29. The first-order valence-corrected chi connectivity index (χ1v) is 11.7. The maximum Gasteiger partial charge on any atom is 0.266 e. The predicted molar refractivity (Wildman–Crippen MR) is 113 cm³/mol. The first-order valence-electron chi connectivity index (χ1n) is 9.02. The molecule has 0 saturated heterocycles. The Hall–Kier alpha value is -1.53. The van der Waals surface area contributed by atoms with Crippen LogP contribution in [0.1, 0.15) is 26.2 Å².